The molecule has 27 heavy (non-hydrogen) atoms. The van der Waals surface area contributed by atoms with Crippen LogP contribution in [-0.4, -0.2) is 20.4 Å². The van der Waals surface area contributed by atoms with Gasteiger partial charge in [0.15, 0.2) is 0 Å². The first-order chi connectivity index (χ1) is 13.2. The van der Waals surface area contributed by atoms with Crippen molar-refractivity contribution in [3.8, 4) is 0 Å². The molecule has 1 atom stereocenters. The van der Waals surface area contributed by atoms with Crippen molar-refractivity contribution in [1.29, 1.82) is 0 Å². The zero-order valence-corrected chi connectivity index (χ0v) is 15.8. The Balaban J connectivity index is 1.54. The Kier molecular flexibility index (Phi) is 4.98. The molecule has 1 N–H and O–H groups in total. The van der Waals surface area contributed by atoms with Gasteiger partial charge in [0, 0.05) is 24.5 Å². The Morgan fingerprint density at radius 2 is 2.04 bits per heavy atom. The van der Waals surface area contributed by atoms with E-state index in [0.717, 1.165) is 34.6 Å². The Labute approximate surface area is 161 Å². The number of thiazole rings is 1. The number of nitrogens with one attached hydrogen (secondary N) is 1. The van der Waals surface area contributed by atoms with E-state index in [1.54, 1.807) is 23.0 Å². The molecule has 0 aliphatic carbocycles. The van der Waals surface area contributed by atoms with Crippen molar-refractivity contribution in [3.63, 3.8) is 0 Å². The van der Waals surface area contributed by atoms with Gasteiger partial charge in [-0.15, -0.1) is 11.3 Å². The zero-order chi connectivity index (χ0) is 18.6. The van der Waals surface area contributed by atoms with E-state index >= 15 is 0 Å². The zero-order valence-electron chi connectivity index (χ0n) is 15.0. The van der Waals surface area contributed by atoms with Crippen LogP contribution in [0.4, 0.5) is 0 Å². The summed E-state index contributed by atoms with van der Waals surface area (Å²) in [4.78, 5) is 21.4. The minimum absolute atomic E-state index is 0.0772. The average molecular weight is 376 g/mol. The third-order valence-corrected chi connectivity index (χ3v) is 5.49. The standard InChI is InChI=1S/C21H20N4OS/c1-15-22-10-12-25(15)11-9-18(16-5-3-2-4-6-16)24-21(26)17-7-8-20-19(13-17)23-14-27-20/h2-8,10,12-14,18H,9,11H2,1H3,(H,24,26). The van der Waals surface area contributed by atoms with Crippen LogP contribution in [0, 0.1) is 6.92 Å². The summed E-state index contributed by atoms with van der Waals surface area (Å²) in [5.41, 5.74) is 4.39. The highest BCUT2D eigenvalue weighted by Crippen LogP contribution is 2.21. The fourth-order valence-electron chi connectivity index (χ4n) is 3.16. The van der Waals surface area contributed by atoms with Crippen LogP contribution in [0.3, 0.4) is 0 Å². The van der Waals surface area contributed by atoms with Gasteiger partial charge in [-0.2, -0.15) is 0 Å². The number of benzene rings is 2. The molecule has 1 amide bonds. The van der Waals surface area contributed by atoms with E-state index in [4.69, 9.17) is 0 Å². The number of hydrogen-bond donors (Lipinski definition) is 1. The Morgan fingerprint density at radius 1 is 1.19 bits per heavy atom. The van der Waals surface area contributed by atoms with Crippen molar-refractivity contribution in [2.24, 2.45) is 0 Å². The van der Waals surface area contributed by atoms with E-state index in [1.807, 2.05) is 49.5 Å². The molecule has 6 heteroatoms. The van der Waals surface area contributed by atoms with Crippen LogP contribution in [0.25, 0.3) is 10.2 Å². The van der Waals surface area contributed by atoms with Gasteiger partial charge in [-0.3, -0.25) is 4.79 Å². The van der Waals surface area contributed by atoms with Gasteiger partial charge in [-0.1, -0.05) is 30.3 Å². The summed E-state index contributed by atoms with van der Waals surface area (Å²) in [7, 11) is 0. The van der Waals surface area contributed by atoms with Gasteiger partial charge in [-0.05, 0) is 37.1 Å². The van der Waals surface area contributed by atoms with Crippen molar-refractivity contribution < 1.29 is 4.79 Å². The second-order valence-electron chi connectivity index (χ2n) is 6.43. The van der Waals surface area contributed by atoms with Gasteiger partial charge in [0.2, 0.25) is 0 Å². The van der Waals surface area contributed by atoms with Crippen LogP contribution in [0.5, 0.6) is 0 Å². The average Bonchev–Trinajstić information content (AvgIpc) is 3.33. The molecule has 0 spiro atoms. The predicted molar refractivity (Wildman–Crippen MR) is 108 cm³/mol. The van der Waals surface area contributed by atoms with Gasteiger partial charge >= 0.3 is 0 Å². The van der Waals surface area contributed by atoms with Crippen molar-refractivity contribution in [1.82, 2.24) is 19.9 Å². The maximum absolute atomic E-state index is 12.9. The molecule has 2 heterocycles. The second kappa shape index (κ2) is 7.72. The molecule has 0 aliphatic rings. The molecule has 0 saturated carbocycles. The topological polar surface area (TPSA) is 59.8 Å². The van der Waals surface area contributed by atoms with Crippen LogP contribution in [0.1, 0.15) is 34.2 Å². The van der Waals surface area contributed by atoms with Crippen LogP contribution in [-0.2, 0) is 6.54 Å². The Morgan fingerprint density at radius 3 is 2.81 bits per heavy atom. The van der Waals surface area contributed by atoms with E-state index in [0.29, 0.717) is 5.56 Å². The highest BCUT2D eigenvalue weighted by molar-refractivity contribution is 7.16. The number of hydrogen-bond acceptors (Lipinski definition) is 4. The van der Waals surface area contributed by atoms with Gasteiger partial charge in [0.05, 0.1) is 21.8 Å². The van der Waals surface area contributed by atoms with E-state index < -0.39 is 0 Å². The van der Waals surface area contributed by atoms with Gasteiger partial charge in [-0.25, -0.2) is 9.97 Å². The Hall–Kier alpha value is -2.99. The minimum atomic E-state index is -0.0823. The smallest absolute Gasteiger partial charge is 0.251 e. The maximum atomic E-state index is 12.9. The summed E-state index contributed by atoms with van der Waals surface area (Å²) in [6.45, 7) is 2.77. The lowest BCUT2D eigenvalue weighted by Crippen LogP contribution is -2.29. The molecule has 2 aromatic heterocycles. The second-order valence-corrected chi connectivity index (χ2v) is 7.31. The van der Waals surface area contributed by atoms with Crippen LogP contribution < -0.4 is 5.32 Å². The van der Waals surface area contributed by atoms with E-state index in [2.05, 4.69) is 32.0 Å². The van der Waals surface area contributed by atoms with Crippen molar-refractivity contribution in [2.75, 3.05) is 0 Å². The van der Waals surface area contributed by atoms with Gasteiger partial charge < -0.3 is 9.88 Å². The third-order valence-electron chi connectivity index (χ3n) is 4.68. The van der Waals surface area contributed by atoms with Crippen LogP contribution in [0.15, 0.2) is 66.4 Å². The van der Waals surface area contributed by atoms with Crippen molar-refractivity contribution >= 4 is 27.5 Å². The van der Waals surface area contributed by atoms with Gasteiger partial charge in [0.1, 0.15) is 5.82 Å². The number of aryl methyl sites for hydroxylation is 2. The number of carbonyl (C=O) groups is 1. The fourth-order valence-corrected chi connectivity index (χ4v) is 3.82. The van der Waals surface area contributed by atoms with Crippen LogP contribution >= 0.6 is 11.3 Å². The van der Waals surface area contributed by atoms with E-state index in [9.17, 15) is 4.79 Å². The molecule has 1 unspecified atom stereocenters. The number of fused-ring (bicyclic) bond motifs is 1. The molecule has 4 rings (SSSR count). The maximum Gasteiger partial charge on any atom is 0.251 e. The third kappa shape index (κ3) is 3.90. The molecule has 0 aliphatic heterocycles. The first-order valence-corrected chi connectivity index (χ1v) is 9.75. The lowest BCUT2D eigenvalue weighted by molar-refractivity contribution is 0.0933. The summed E-state index contributed by atoms with van der Waals surface area (Å²) in [5, 5.41) is 3.19. The molecule has 0 bridgehead atoms. The summed E-state index contributed by atoms with van der Waals surface area (Å²) in [6.07, 6.45) is 4.55. The molecule has 136 valence electrons. The number of nitrogens with zero attached hydrogens (tertiary/aromatic N) is 3. The summed E-state index contributed by atoms with van der Waals surface area (Å²) < 4.78 is 3.19. The van der Waals surface area contributed by atoms with E-state index in [-0.39, 0.29) is 11.9 Å². The van der Waals surface area contributed by atoms with E-state index in [1.165, 1.54) is 0 Å². The Bertz CT molecular complexity index is 1050. The lowest BCUT2D eigenvalue weighted by atomic mass is 10.0. The molecule has 2 aromatic carbocycles. The summed E-state index contributed by atoms with van der Waals surface area (Å²) in [6, 6.07) is 15.7. The number of carbonyl (C=O) groups excluding carboxylic acids is 1. The number of amides is 1. The summed E-state index contributed by atoms with van der Waals surface area (Å²) >= 11 is 1.57. The first-order valence-electron chi connectivity index (χ1n) is 8.87. The molecule has 0 fully saturated rings. The first kappa shape index (κ1) is 17.4. The number of aromatic nitrogens is 3. The highest BCUT2D eigenvalue weighted by Gasteiger charge is 2.17. The minimum Gasteiger partial charge on any atom is -0.345 e. The predicted octanol–water partition coefficient (Wildman–Crippen LogP) is 4.36. The molecular formula is C21H20N4OS. The molecule has 0 radical (unpaired) electrons. The fraction of sp³-hybridized carbons (Fsp3) is 0.190. The molecular weight excluding hydrogens is 356 g/mol. The highest BCUT2D eigenvalue weighted by atomic mass is 32.1. The van der Waals surface area contributed by atoms with Gasteiger partial charge in [0.25, 0.3) is 5.91 Å². The lowest BCUT2D eigenvalue weighted by Gasteiger charge is -2.20. The van der Waals surface area contributed by atoms with Crippen LogP contribution in [0.2, 0.25) is 0 Å². The summed E-state index contributed by atoms with van der Waals surface area (Å²) in [5.74, 6) is 0.892. The number of imidazole rings is 1. The molecule has 0 saturated heterocycles. The quantitative estimate of drug-likeness (QED) is 0.544. The normalized spacial score (nSPS) is 12.2. The monoisotopic (exact) mass is 376 g/mol. The largest absolute Gasteiger partial charge is 0.345 e. The molecule has 4 aromatic rings. The number of rotatable bonds is 6. The SMILES string of the molecule is Cc1nccn1CCC(NC(=O)c1ccc2scnc2c1)c1ccccc1. The van der Waals surface area contributed by atoms with Crippen molar-refractivity contribution in [3.05, 3.63) is 83.4 Å². The van der Waals surface area contributed by atoms with Crippen molar-refractivity contribution in [2.45, 2.75) is 25.9 Å². The molecule has 5 nitrogen and oxygen atoms in total.